The molecule has 0 spiro atoms. The number of aliphatic hydroxyl groups is 1. The Bertz CT molecular complexity index is 418. The summed E-state index contributed by atoms with van der Waals surface area (Å²) >= 11 is 0. The third-order valence-electron chi connectivity index (χ3n) is 8.79. The van der Waals surface area contributed by atoms with Gasteiger partial charge in [-0.1, -0.05) is 27.2 Å². The van der Waals surface area contributed by atoms with Gasteiger partial charge in [0.25, 0.3) is 0 Å². The van der Waals surface area contributed by atoms with Gasteiger partial charge in [0.2, 0.25) is 0 Å². The molecule has 0 bridgehead atoms. The van der Waals surface area contributed by atoms with E-state index in [1.165, 1.54) is 44.9 Å². The molecule has 4 aliphatic rings. The Morgan fingerprint density at radius 2 is 1.67 bits per heavy atom. The average Bonchev–Trinajstić information content (AvgIpc) is 2.83. The van der Waals surface area contributed by atoms with Crippen molar-refractivity contribution in [1.82, 2.24) is 0 Å². The van der Waals surface area contributed by atoms with Crippen LogP contribution in [0, 0.1) is 40.4 Å². The molecule has 0 heterocycles. The zero-order chi connectivity index (χ0) is 14.8. The zero-order valence-electron chi connectivity index (χ0n) is 14.3. The van der Waals surface area contributed by atoms with Crippen LogP contribution in [-0.2, 0) is 0 Å². The lowest BCUT2D eigenvalue weighted by Crippen LogP contribution is -2.55. The van der Waals surface area contributed by atoms with Gasteiger partial charge < -0.3 is 5.11 Å². The molecule has 1 heteroatoms. The van der Waals surface area contributed by atoms with E-state index >= 15 is 0 Å². The van der Waals surface area contributed by atoms with Gasteiger partial charge in [-0.15, -0.1) is 0 Å². The van der Waals surface area contributed by atoms with Gasteiger partial charge in [-0.05, 0) is 91.8 Å². The van der Waals surface area contributed by atoms with E-state index < -0.39 is 0 Å². The summed E-state index contributed by atoms with van der Waals surface area (Å²) in [6.45, 7) is 7.71. The molecule has 0 saturated heterocycles. The molecule has 0 aliphatic heterocycles. The highest BCUT2D eigenvalue weighted by Gasteiger charge is 2.59. The highest BCUT2D eigenvalue weighted by atomic mass is 16.3. The summed E-state index contributed by atoms with van der Waals surface area (Å²) in [5.41, 5.74) is 1.21. The average molecular weight is 290 g/mol. The van der Waals surface area contributed by atoms with Crippen LogP contribution in [0.1, 0.15) is 78.6 Å². The highest BCUT2D eigenvalue weighted by Crippen LogP contribution is 2.67. The summed E-state index contributed by atoms with van der Waals surface area (Å²) in [5, 5.41) is 10.2. The molecule has 0 radical (unpaired) electrons. The molecule has 1 nitrogen and oxygen atoms in total. The topological polar surface area (TPSA) is 20.2 Å². The first-order chi connectivity index (χ1) is 9.94. The van der Waals surface area contributed by atoms with Gasteiger partial charge in [-0.2, -0.15) is 0 Å². The summed E-state index contributed by atoms with van der Waals surface area (Å²) in [7, 11) is 0. The summed E-state index contributed by atoms with van der Waals surface area (Å²) in [5.74, 6) is 4.59. The first-order valence-electron chi connectivity index (χ1n) is 9.62. The van der Waals surface area contributed by atoms with E-state index in [0.29, 0.717) is 10.8 Å². The summed E-state index contributed by atoms with van der Waals surface area (Å²) < 4.78 is 0. The molecule has 4 fully saturated rings. The Hall–Kier alpha value is -0.0400. The Morgan fingerprint density at radius 3 is 2.48 bits per heavy atom. The number of fused-ring (bicyclic) bond motifs is 5. The predicted octanol–water partition coefficient (Wildman–Crippen LogP) is 5.03. The number of rotatable bonds is 0. The van der Waals surface area contributed by atoms with Gasteiger partial charge in [0.05, 0.1) is 6.10 Å². The third kappa shape index (κ3) is 1.98. The summed E-state index contributed by atoms with van der Waals surface area (Å²) in [4.78, 5) is 0. The van der Waals surface area contributed by atoms with Gasteiger partial charge in [-0.25, -0.2) is 0 Å². The largest absolute Gasteiger partial charge is 0.393 e. The first kappa shape index (κ1) is 14.5. The maximum atomic E-state index is 10.2. The lowest BCUT2D eigenvalue weighted by atomic mass is 9.43. The van der Waals surface area contributed by atoms with Gasteiger partial charge in [0.1, 0.15) is 0 Å². The van der Waals surface area contributed by atoms with Crippen molar-refractivity contribution < 1.29 is 5.11 Å². The second kappa shape index (κ2) is 4.73. The van der Waals surface area contributed by atoms with E-state index in [0.717, 1.165) is 42.4 Å². The van der Waals surface area contributed by atoms with Crippen molar-refractivity contribution in [2.45, 2.75) is 84.7 Å². The Labute approximate surface area is 130 Å². The van der Waals surface area contributed by atoms with E-state index in [2.05, 4.69) is 20.8 Å². The highest BCUT2D eigenvalue weighted by molar-refractivity contribution is 5.08. The van der Waals surface area contributed by atoms with Gasteiger partial charge in [-0.3, -0.25) is 0 Å². The molecule has 4 aliphatic carbocycles. The van der Waals surface area contributed by atoms with Gasteiger partial charge in [0, 0.05) is 0 Å². The molecule has 0 aromatic heterocycles. The molecule has 4 saturated carbocycles. The van der Waals surface area contributed by atoms with Crippen molar-refractivity contribution in [2.75, 3.05) is 0 Å². The predicted molar refractivity (Wildman–Crippen MR) is 86.9 cm³/mol. The van der Waals surface area contributed by atoms with Crippen molar-refractivity contribution in [3.63, 3.8) is 0 Å². The van der Waals surface area contributed by atoms with E-state index in [9.17, 15) is 5.11 Å². The number of hydrogen-bond acceptors (Lipinski definition) is 1. The van der Waals surface area contributed by atoms with Crippen LogP contribution in [0.2, 0.25) is 0 Å². The van der Waals surface area contributed by atoms with Crippen LogP contribution in [0.3, 0.4) is 0 Å². The summed E-state index contributed by atoms with van der Waals surface area (Å²) in [6.07, 6.45) is 12.3. The zero-order valence-corrected chi connectivity index (χ0v) is 14.3. The molecule has 1 N–H and O–H groups in total. The van der Waals surface area contributed by atoms with Crippen LogP contribution >= 0.6 is 0 Å². The fraction of sp³-hybridized carbons (Fsp3) is 1.00. The van der Waals surface area contributed by atoms with Crippen LogP contribution in [0.4, 0.5) is 0 Å². The minimum Gasteiger partial charge on any atom is -0.393 e. The van der Waals surface area contributed by atoms with E-state index in [1.807, 2.05) is 0 Å². The minimum atomic E-state index is -0.0117. The molecule has 1 unspecified atom stereocenters. The lowest BCUT2D eigenvalue weighted by molar-refractivity contribution is -0.142. The summed E-state index contributed by atoms with van der Waals surface area (Å²) in [6, 6.07) is 0. The first-order valence-corrected chi connectivity index (χ1v) is 9.62. The maximum absolute atomic E-state index is 10.2. The van der Waals surface area contributed by atoms with Gasteiger partial charge in [0.15, 0.2) is 0 Å². The molecule has 0 aromatic rings. The lowest BCUT2D eigenvalue weighted by Gasteiger charge is -2.62. The van der Waals surface area contributed by atoms with Crippen LogP contribution in [-0.4, -0.2) is 11.2 Å². The second-order valence-corrected chi connectivity index (χ2v) is 9.72. The third-order valence-corrected chi connectivity index (χ3v) is 8.79. The van der Waals surface area contributed by atoms with E-state index in [-0.39, 0.29) is 6.10 Å². The minimum absolute atomic E-state index is 0.0117. The fourth-order valence-corrected chi connectivity index (χ4v) is 7.71. The molecular weight excluding hydrogens is 256 g/mol. The van der Waals surface area contributed by atoms with Crippen molar-refractivity contribution in [3.8, 4) is 0 Å². The molecular formula is C20H34O. The van der Waals surface area contributed by atoms with Crippen LogP contribution in [0.15, 0.2) is 0 Å². The molecule has 8 atom stereocenters. The second-order valence-electron chi connectivity index (χ2n) is 9.72. The van der Waals surface area contributed by atoms with Gasteiger partial charge >= 0.3 is 0 Å². The standard InChI is InChI=1S/C20H34O/c1-13-11-15-16-5-4-8-19(16,2)9-7-17(15)20(3)10-6-14(21)12-18(13)20/h13-18,21H,4-12H2,1-3H3/t13-,14-,15-,16-,17-,18?,19-,20+/m0/s1. The maximum Gasteiger partial charge on any atom is 0.0543 e. The van der Waals surface area contributed by atoms with Crippen molar-refractivity contribution in [1.29, 1.82) is 0 Å². The van der Waals surface area contributed by atoms with Crippen LogP contribution < -0.4 is 0 Å². The Morgan fingerprint density at radius 1 is 0.857 bits per heavy atom. The monoisotopic (exact) mass is 290 g/mol. The SMILES string of the molecule is C[C@H]1C[C@H]2[C@@H]3CCC[C@@]3(C)CC[C@@H]2[C@@]2(C)CC[C@H](O)CC12. The molecule has 4 rings (SSSR count). The number of aliphatic hydroxyl groups excluding tert-OH is 1. The number of hydrogen-bond donors (Lipinski definition) is 1. The molecule has 120 valence electrons. The molecule has 0 amide bonds. The van der Waals surface area contributed by atoms with Crippen molar-refractivity contribution in [2.24, 2.45) is 40.4 Å². The Balaban J connectivity index is 1.66. The van der Waals surface area contributed by atoms with Crippen molar-refractivity contribution in [3.05, 3.63) is 0 Å². The quantitative estimate of drug-likeness (QED) is 0.663. The van der Waals surface area contributed by atoms with E-state index in [1.54, 1.807) is 0 Å². The fourth-order valence-electron chi connectivity index (χ4n) is 7.71. The molecule has 21 heavy (non-hydrogen) atoms. The van der Waals surface area contributed by atoms with Crippen LogP contribution in [0.5, 0.6) is 0 Å². The Kier molecular flexibility index (Phi) is 3.27. The molecule has 0 aromatic carbocycles. The van der Waals surface area contributed by atoms with Crippen molar-refractivity contribution >= 4 is 0 Å². The van der Waals surface area contributed by atoms with E-state index in [4.69, 9.17) is 0 Å². The normalized spacial score (nSPS) is 60.0. The smallest absolute Gasteiger partial charge is 0.0543 e. The van der Waals surface area contributed by atoms with Crippen LogP contribution in [0.25, 0.3) is 0 Å².